The second-order valence-electron chi connectivity index (χ2n) is 5.65. The standard InChI is InChI=1S/C14H13FN6O3S.H2/c1-8(17)24-12(18)13-19-5-11-10(15)4-9(6-21(11)13)25(22,23)20-14(7-16)2-3-14;/h4-6,17-18,20H,2-3H2,1H3;1H. The van der Waals surface area contributed by atoms with Crippen LogP contribution in [0.15, 0.2) is 23.4 Å². The number of imidazole rings is 1. The van der Waals surface area contributed by atoms with E-state index in [0.717, 1.165) is 22.9 Å². The Morgan fingerprint density at radius 3 is 2.80 bits per heavy atom. The summed E-state index contributed by atoms with van der Waals surface area (Å²) in [7, 11) is -4.14. The van der Waals surface area contributed by atoms with Crippen molar-refractivity contribution < 1.29 is 19.0 Å². The quantitative estimate of drug-likeness (QED) is 0.553. The van der Waals surface area contributed by atoms with Crippen LogP contribution in [0.2, 0.25) is 0 Å². The van der Waals surface area contributed by atoms with Gasteiger partial charge in [-0.05, 0) is 18.9 Å². The lowest BCUT2D eigenvalue weighted by Crippen LogP contribution is -2.35. The molecule has 25 heavy (non-hydrogen) atoms. The van der Waals surface area contributed by atoms with Crippen molar-refractivity contribution in [2.24, 2.45) is 0 Å². The summed E-state index contributed by atoms with van der Waals surface area (Å²) < 4.78 is 47.3. The molecule has 132 valence electrons. The number of sulfonamides is 1. The lowest BCUT2D eigenvalue weighted by atomic mass is 10.3. The van der Waals surface area contributed by atoms with Crippen molar-refractivity contribution in [3.05, 3.63) is 30.1 Å². The van der Waals surface area contributed by atoms with Gasteiger partial charge in [0, 0.05) is 14.5 Å². The zero-order chi connectivity index (χ0) is 18.4. The Kier molecular flexibility index (Phi) is 3.81. The Bertz CT molecular complexity index is 1050. The Labute approximate surface area is 143 Å². The van der Waals surface area contributed by atoms with Gasteiger partial charge in [-0.1, -0.05) is 0 Å². The SMILES string of the molecule is CC(=N)OC(=N)c1ncc2c(F)cc(S(=O)(=O)NC3(C#N)CC3)cn12.[HH]. The van der Waals surface area contributed by atoms with Gasteiger partial charge < -0.3 is 4.74 Å². The number of nitrogens with one attached hydrogen (secondary N) is 3. The Balaban J connectivity index is 0.00000243. The van der Waals surface area contributed by atoms with E-state index in [0.29, 0.717) is 12.8 Å². The zero-order valence-corrected chi connectivity index (χ0v) is 13.8. The van der Waals surface area contributed by atoms with Crippen molar-refractivity contribution in [1.82, 2.24) is 14.1 Å². The first-order valence-electron chi connectivity index (χ1n) is 7.11. The van der Waals surface area contributed by atoms with Gasteiger partial charge in [0.25, 0.3) is 5.90 Å². The van der Waals surface area contributed by atoms with Crippen LogP contribution in [0, 0.1) is 28.0 Å². The molecule has 0 aliphatic heterocycles. The summed E-state index contributed by atoms with van der Waals surface area (Å²) in [6.45, 7) is 1.31. The van der Waals surface area contributed by atoms with E-state index in [-0.39, 0.29) is 18.7 Å². The molecule has 1 aliphatic carbocycles. The summed E-state index contributed by atoms with van der Waals surface area (Å²) in [5, 5.41) is 24.0. The Hall–Kier alpha value is -2.84. The van der Waals surface area contributed by atoms with Gasteiger partial charge in [0.15, 0.2) is 5.90 Å². The molecule has 9 nitrogen and oxygen atoms in total. The second-order valence-corrected chi connectivity index (χ2v) is 7.33. The molecule has 0 amide bonds. The maximum atomic E-state index is 14.3. The van der Waals surface area contributed by atoms with Gasteiger partial charge in [-0.25, -0.2) is 17.8 Å². The summed E-state index contributed by atoms with van der Waals surface area (Å²) in [4.78, 5) is 3.44. The largest absolute Gasteiger partial charge is 0.422 e. The molecule has 2 aromatic rings. The lowest BCUT2D eigenvalue weighted by molar-refractivity contribution is 0.526. The molecule has 11 heteroatoms. The fourth-order valence-corrected chi connectivity index (χ4v) is 3.61. The second kappa shape index (κ2) is 5.61. The Morgan fingerprint density at radius 1 is 1.56 bits per heavy atom. The number of ether oxygens (including phenoxy) is 1. The first-order valence-corrected chi connectivity index (χ1v) is 8.59. The summed E-state index contributed by atoms with van der Waals surface area (Å²) in [6, 6.07) is 2.72. The van der Waals surface area contributed by atoms with Crippen molar-refractivity contribution in [2.75, 3.05) is 0 Å². The zero-order valence-electron chi connectivity index (χ0n) is 13.0. The lowest BCUT2D eigenvalue weighted by Gasteiger charge is -2.11. The van der Waals surface area contributed by atoms with E-state index in [1.165, 1.54) is 6.92 Å². The summed E-state index contributed by atoms with van der Waals surface area (Å²) in [5.41, 5.74) is -1.19. The number of hydrogen-bond donors (Lipinski definition) is 3. The van der Waals surface area contributed by atoms with Crippen LogP contribution in [-0.2, 0) is 14.8 Å². The average Bonchev–Trinajstić information content (AvgIpc) is 3.13. The van der Waals surface area contributed by atoms with Crippen LogP contribution in [0.4, 0.5) is 4.39 Å². The monoisotopic (exact) mass is 366 g/mol. The van der Waals surface area contributed by atoms with Crippen molar-refractivity contribution in [2.45, 2.75) is 30.2 Å². The summed E-state index contributed by atoms with van der Waals surface area (Å²) >= 11 is 0. The molecule has 0 aromatic carbocycles. The van der Waals surface area contributed by atoms with Gasteiger partial charge in [-0.2, -0.15) is 9.98 Å². The fraction of sp³-hybridized carbons (Fsp3) is 0.286. The third-order valence-corrected chi connectivity index (χ3v) is 5.13. The Morgan fingerprint density at radius 2 is 2.24 bits per heavy atom. The molecule has 1 fully saturated rings. The van der Waals surface area contributed by atoms with Crippen molar-refractivity contribution >= 4 is 27.3 Å². The molecule has 2 aromatic heterocycles. The predicted molar refractivity (Wildman–Crippen MR) is 86.5 cm³/mol. The van der Waals surface area contributed by atoms with Gasteiger partial charge in [0.05, 0.1) is 12.3 Å². The predicted octanol–water partition coefficient (Wildman–Crippen LogP) is 1.39. The van der Waals surface area contributed by atoms with Gasteiger partial charge in [-0.15, -0.1) is 0 Å². The van der Waals surface area contributed by atoms with Crippen LogP contribution >= 0.6 is 0 Å². The fourth-order valence-electron chi connectivity index (χ4n) is 2.22. The average molecular weight is 366 g/mol. The number of halogens is 1. The van der Waals surface area contributed by atoms with Crippen LogP contribution < -0.4 is 4.72 Å². The molecule has 0 radical (unpaired) electrons. The molecule has 0 saturated heterocycles. The van der Waals surface area contributed by atoms with Crippen molar-refractivity contribution in [1.29, 1.82) is 16.1 Å². The van der Waals surface area contributed by atoms with E-state index in [4.69, 9.17) is 20.8 Å². The van der Waals surface area contributed by atoms with Crippen LogP contribution in [0.1, 0.15) is 27.0 Å². The number of aromatic nitrogens is 2. The highest BCUT2D eigenvalue weighted by Gasteiger charge is 2.47. The highest BCUT2D eigenvalue weighted by atomic mass is 32.2. The number of fused-ring (bicyclic) bond motifs is 1. The minimum atomic E-state index is -4.14. The highest BCUT2D eigenvalue weighted by molar-refractivity contribution is 7.89. The molecular weight excluding hydrogens is 351 g/mol. The third kappa shape index (κ3) is 3.09. The maximum Gasteiger partial charge on any atom is 0.257 e. The molecule has 0 unspecified atom stereocenters. The van der Waals surface area contributed by atoms with Crippen molar-refractivity contribution in [3.63, 3.8) is 0 Å². The molecule has 0 atom stereocenters. The van der Waals surface area contributed by atoms with Crippen molar-refractivity contribution in [3.8, 4) is 6.07 Å². The van der Waals surface area contributed by atoms with Gasteiger partial charge in [-0.3, -0.25) is 15.2 Å². The molecular formula is C14H15FN6O3S. The summed E-state index contributed by atoms with van der Waals surface area (Å²) in [5.74, 6) is -1.80. The number of nitriles is 1. The number of hydrogen-bond acceptors (Lipinski definition) is 7. The number of rotatable bonds is 4. The topological polar surface area (TPSA) is 144 Å². The molecule has 3 rings (SSSR count). The van der Waals surface area contributed by atoms with E-state index >= 15 is 0 Å². The van der Waals surface area contributed by atoms with Gasteiger partial charge >= 0.3 is 0 Å². The van der Waals surface area contributed by atoms with Crippen LogP contribution in [0.5, 0.6) is 0 Å². The minimum absolute atomic E-state index is 0. The molecule has 0 spiro atoms. The van der Waals surface area contributed by atoms with E-state index in [9.17, 15) is 12.8 Å². The van der Waals surface area contributed by atoms with Crippen LogP contribution in [-0.4, -0.2) is 35.1 Å². The molecule has 1 saturated carbocycles. The molecule has 2 heterocycles. The first kappa shape index (κ1) is 17.0. The van der Waals surface area contributed by atoms with Crippen LogP contribution in [0.25, 0.3) is 5.52 Å². The van der Waals surface area contributed by atoms with E-state index in [1.807, 2.05) is 6.07 Å². The van der Waals surface area contributed by atoms with E-state index < -0.39 is 32.2 Å². The normalized spacial score (nSPS) is 15.6. The molecule has 0 bridgehead atoms. The number of pyridine rings is 1. The maximum absolute atomic E-state index is 14.3. The molecule has 1 aliphatic rings. The molecule has 3 N–H and O–H groups in total. The third-order valence-electron chi connectivity index (χ3n) is 3.63. The van der Waals surface area contributed by atoms with E-state index in [1.54, 1.807) is 0 Å². The first-order chi connectivity index (χ1) is 11.7. The van der Waals surface area contributed by atoms with E-state index in [2.05, 4.69) is 9.71 Å². The number of nitrogens with zero attached hydrogens (tertiary/aromatic N) is 3. The summed E-state index contributed by atoms with van der Waals surface area (Å²) in [6.07, 6.45) is 3.00. The smallest absolute Gasteiger partial charge is 0.257 e. The minimum Gasteiger partial charge on any atom is -0.422 e. The highest BCUT2D eigenvalue weighted by Crippen LogP contribution is 2.36. The van der Waals surface area contributed by atoms with Crippen LogP contribution in [0.3, 0.4) is 0 Å². The van der Waals surface area contributed by atoms with Gasteiger partial charge in [0.2, 0.25) is 15.8 Å². The van der Waals surface area contributed by atoms with Gasteiger partial charge in [0.1, 0.15) is 21.8 Å².